The highest BCUT2D eigenvalue weighted by atomic mass is 35.5. The molecule has 0 saturated heterocycles. The fourth-order valence-corrected chi connectivity index (χ4v) is 2.51. The average Bonchev–Trinajstić information content (AvgIpc) is 2.36. The number of hydrogen-bond donors (Lipinski definition) is 1. The molecule has 0 aromatic carbocycles. The standard InChI is InChI=1S/C13H19ClN2O3S/c1-8(16-20(18)13(2,3)4)11-10(14)6-9(7-15-11)12(17)19-5/h6-8,16H,1-5H3/t8-,20-/m1/s1. The molecule has 0 fully saturated rings. The van der Waals surface area contributed by atoms with Crippen molar-refractivity contribution < 1.29 is 13.7 Å². The van der Waals surface area contributed by atoms with E-state index >= 15 is 0 Å². The highest BCUT2D eigenvalue weighted by Gasteiger charge is 2.23. The molecule has 0 aliphatic rings. The van der Waals surface area contributed by atoms with Gasteiger partial charge in [-0.15, -0.1) is 0 Å². The number of rotatable bonds is 4. The number of ether oxygens (including phenoxy) is 1. The maximum absolute atomic E-state index is 12.0. The second kappa shape index (κ2) is 6.65. The van der Waals surface area contributed by atoms with Crippen LogP contribution >= 0.6 is 11.6 Å². The Morgan fingerprint density at radius 2 is 2.10 bits per heavy atom. The Balaban J connectivity index is 2.92. The highest BCUT2D eigenvalue weighted by molar-refractivity contribution is 7.84. The molecule has 0 radical (unpaired) electrons. The molecule has 1 rings (SSSR count). The average molecular weight is 319 g/mol. The Morgan fingerprint density at radius 3 is 2.55 bits per heavy atom. The maximum Gasteiger partial charge on any atom is 0.339 e. The molecule has 0 aliphatic heterocycles. The smallest absolute Gasteiger partial charge is 0.339 e. The minimum Gasteiger partial charge on any atom is -0.465 e. The number of esters is 1. The zero-order valence-electron chi connectivity index (χ0n) is 12.2. The normalized spacial score (nSPS) is 14.7. The van der Waals surface area contributed by atoms with Crippen LogP contribution in [0.1, 0.15) is 49.8 Å². The molecule has 112 valence electrons. The third-order valence-corrected chi connectivity index (χ3v) is 4.52. The Bertz CT molecular complexity index is 529. The number of nitrogens with one attached hydrogen (secondary N) is 1. The highest BCUT2D eigenvalue weighted by Crippen LogP contribution is 2.23. The zero-order valence-corrected chi connectivity index (χ0v) is 13.8. The van der Waals surface area contributed by atoms with E-state index in [2.05, 4.69) is 14.4 Å². The molecule has 0 aliphatic carbocycles. The first-order valence-electron chi connectivity index (χ1n) is 6.08. The van der Waals surface area contributed by atoms with Crippen molar-refractivity contribution in [3.05, 3.63) is 28.5 Å². The third-order valence-electron chi connectivity index (χ3n) is 2.54. The summed E-state index contributed by atoms with van der Waals surface area (Å²) in [6.45, 7) is 7.43. The number of nitrogens with zero attached hydrogens (tertiary/aromatic N) is 1. The Morgan fingerprint density at radius 1 is 1.50 bits per heavy atom. The van der Waals surface area contributed by atoms with Gasteiger partial charge in [0.25, 0.3) is 0 Å². The second-order valence-electron chi connectivity index (χ2n) is 5.30. The third kappa shape index (κ3) is 4.26. The molecule has 20 heavy (non-hydrogen) atoms. The van der Waals surface area contributed by atoms with Crippen LogP contribution in [-0.4, -0.2) is 27.0 Å². The van der Waals surface area contributed by atoms with Crippen molar-refractivity contribution in [2.45, 2.75) is 38.5 Å². The lowest BCUT2D eigenvalue weighted by atomic mass is 10.2. The van der Waals surface area contributed by atoms with Crippen LogP contribution in [0.25, 0.3) is 0 Å². The van der Waals surface area contributed by atoms with Gasteiger partial charge < -0.3 is 4.74 Å². The van der Waals surface area contributed by atoms with Crippen LogP contribution < -0.4 is 4.72 Å². The van der Waals surface area contributed by atoms with Crippen LogP contribution in [0.2, 0.25) is 5.02 Å². The van der Waals surface area contributed by atoms with Gasteiger partial charge in [0.15, 0.2) is 0 Å². The summed E-state index contributed by atoms with van der Waals surface area (Å²) in [6.07, 6.45) is 1.39. The Hall–Kier alpha value is -0.980. The first-order valence-corrected chi connectivity index (χ1v) is 7.61. The van der Waals surface area contributed by atoms with E-state index in [1.54, 1.807) is 0 Å². The van der Waals surface area contributed by atoms with Gasteiger partial charge in [-0.1, -0.05) is 11.6 Å². The molecule has 1 aromatic rings. The minimum absolute atomic E-state index is 0.283. The van der Waals surface area contributed by atoms with E-state index in [9.17, 15) is 9.00 Å². The summed E-state index contributed by atoms with van der Waals surface area (Å²) in [6, 6.07) is 1.20. The number of carbonyl (C=O) groups is 1. The molecule has 2 atom stereocenters. The molecule has 1 aromatic heterocycles. The van der Waals surface area contributed by atoms with Crippen molar-refractivity contribution in [2.24, 2.45) is 0 Å². The second-order valence-corrected chi connectivity index (χ2v) is 7.71. The van der Waals surface area contributed by atoms with Crippen LogP contribution in [0.15, 0.2) is 12.3 Å². The van der Waals surface area contributed by atoms with Gasteiger partial charge in [0.1, 0.15) is 0 Å². The van der Waals surface area contributed by atoms with E-state index in [1.165, 1.54) is 19.4 Å². The van der Waals surface area contributed by atoms with Gasteiger partial charge in [-0.3, -0.25) is 4.98 Å². The number of aromatic nitrogens is 1. The summed E-state index contributed by atoms with van der Waals surface area (Å²) in [5.41, 5.74) is 0.822. The number of carbonyl (C=O) groups excluding carboxylic acids is 1. The minimum atomic E-state index is -1.23. The molecule has 5 nitrogen and oxygen atoms in total. The largest absolute Gasteiger partial charge is 0.465 e. The van der Waals surface area contributed by atoms with Crippen LogP contribution in [-0.2, 0) is 15.7 Å². The first kappa shape index (κ1) is 17.1. The van der Waals surface area contributed by atoms with Gasteiger partial charge >= 0.3 is 5.97 Å². The zero-order chi connectivity index (χ0) is 15.5. The van der Waals surface area contributed by atoms with Crippen LogP contribution in [0.3, 0.4) is 0 Å². The van der Waals surface area contributed by atoms with Crippen molar-refractivity contribution in [1.29, 1.82) is 0 Å². The lowest BCUT2D eigenvalue weighted by molar-refractivity contribution is 0.0600. The molecular formula is C13H19ClN2O3S. The van der Waals surface area contributed by atoms with Gasteiger partial charge in [-0.25, -0.2) is 13.7 Å². The van der Waals surface area contributed by atoms with Crippen LogP contribution in [0.5, 0.6) is 0 Å². The first-order chi connectivity index (χ1) is 9.16. The molecule has 0 amide bonds. The summed E-state index contributed by atoms with van der Waals surface area (Å²) >= 11 is 6.11. The maximum atomic E-state index is 12.0. The molecule has 1 heterocycles. The van der Waals surface area contributed by atoms with E-state index in [0.29, 0.717) is 10.7 Å². The summed E-state index contributed by atoms with van der Waals surface area (Å²) in [5, 5.41) is 0.332. The van der Waals surface area contributed by atoms with Gasteiger partial charge in [-0.05, 0) is 33.8 Å². The van der Waals surface area contributed by atoms with Crippen molar-refractivity contribution >= 4 is 28.6 Å². The molecule has 7 heteroatoms. The quantitative estimate of drug-likeness (QED) is 0.867. The van der Waals surface area contributed by atoms with E-state index in [-0.39, 0.29) is 16.4 Å². The molecular weight excluding hydrogens is 300 g/mol. The Kier molecular flexibility index (Phi) is 5.68. The van der Waals surface area contributed by atoms with Gasteiger partial charge in [0.2, 0.25) is 0 Å². The number of hydrogen-bond acceptors (Lipinski definition) is 4. The fourth-order valence-electron chi connectivity index (χ4n) is 1.39. The summed E-state index contributed by atoms with van der Waals surface area (Å²) < 4.78 is 19.2. The molecule has 1 N–H and O–H groups in total. The molecule has 0 saturated carbocycles. The van der Waals surface area contributed by atoms with E-state index in [4.69, 9.17) is 11.6 Å². The predicted octanol–water partition coefficient (Wildman–Crippen LogP) is 2.63. The summed E-state index contributed by atoms with van der Waals surface area (Å²) in [5.74, 6) is -0.496. The van der Waals surface area contributed by atoms with Crippen LogP contribution in [0, 0.1) is 0 Å². The van der Waals surface area contributed by atoms with Crippen molar-refractivity contribution in [1.82, 2.24) is 9.71 Å². The molecule has 0 spiro atoms. The number of halogens is 1. The lowest BCUT2D eigenvalue weighted by Crippen LogP contribution is -2.35. The van der Waals surface area contributed by atoms with E-state index in [1.807, 2.05) is 27.7 Å². The van der Waals surface area contributed by atoms with Crippen molar-refractivity contribution in [3.8, 4) is 0 Å². The number of pyridine rings is 1. The monoisotopic (exact) mass is 318 g/mol. The van der Waals surface area contributed by atoms with Gasteiger partial charge in [0.05, 0.1) is 45.2 Å². The van der Waals surface area contributed by atoms with Crippen LogP contribution in [0.4, 0.5) is 0 Å². The molecule has 0 unspecified atom stereocenters. The summed E-state index contributed by atoms with van der Waals surface area (Å²) in [7, 11) is 0.0603. The predicted molar refractivity (Wildman–Crippen MR) is 80.0 cm³/mol. The van der Waals surface area contributed by atoms with E-state index in [0.717, 1.165) is 0 Å². The van der Waals surface area contributed by atoms with Crippen molar-refractivity contribution in [3.63, 3.8) is 0 Å². The topological polar surface area (TPSA) is 68.3 Å². The van der Waals surface area contributed by atoms with Crippen molar-refractivity contribution in [2.75, 3.05) is 7.11 Å². The molecule has 0 bridgehead atoms. The number of methoxy groups -OCH3 is 1. The van der Waals surface area contributed by atoms with E-state index < -0.39 is 17.0 Å². The van der Waals surface area contributed by atoms with Gasteiger partial charge in [-0.2, -0.15) is 0 Å². The lowest BCUT2D eigenvalue weighted by Gasteiger charge is -2.22. The fraction of sp³-hybridized carbons (Fsp3) is 0.538. The SMILES string of the molecule is COC(=O)c1cnc([C@@H](C)N[S@](=O)C(C)(C)C)c(Cl)c1. The van der Waals surface area contributed by atoms with Gasteiger partial charge in [0, 0.05) is 6.20 Å². The summed E-state index contributed by atoms with van der Waals surface area (Å²) in [4.78, 5) is 15.5. The Labute approximate surface area is 126 Å².